The fourth-order valence-electron chi connectivity index (χ4n) is 12.5. The first kappa shape index (κ1) is 37.4. The van der Waals surface area contributed by atoms with E-state index in [0.29, 0.717) is 31.1 Å². The van der Waals surface area contributed by atoms with E-state index in [0.717, 1.165) is 89.9 Å². The van der Waals surface area contributed by atoms with E-state index in [4.69, 9.17) is 9.47 Å². The largest absolute Gasteiger partial charge is 0.481 e. The second kappa shape index (κ2) is 13.4. The van der Waals surface area contributed by atoms with Crippen LogP contribution < -0.4 is 0 Å². The zero-order valence-corrected chi connectivity index (χ0v) is 32.0. The van der Waals surface area contributed by atoms with E-state index in [2.05, 4.69) is 68.4 Å². The molecular formula is C42H68O6. The summed E-state index contributed by atoms with van der Waals surface area (Å²) in [4.78, 5) is 39.7. The molecule has 5 aliphatic carbocycles. The fraction of sp³-hybridized carbons (Fsp3) is 0.881. The Bertz CT molecular complexity index is 1260. The summed E-state index contributed by atoms with van der Waals surface area (Å²) in [5.41, 5.74) is 0.320. The number of hydrogen-bond donors (Lipinski definition) is 1. The second-order valence-corrected chi connectivity index (χ2v) is 19.1. The minimum Gasteiger partial charge on any atom is -0.481 e. The van der Waals surface area contributed by atoms with Crippen LogP contribution in [0, 0.1) is 50.2 Å². The lowest BCUT2D eigenvalue weighted by Crippen LogP contribution is -2.67. The number of fused-ring (bicyclic) bond motifs is 7. The zero-order chi connectivity index (χ0) is 35.3. The Balaban J connectivity index is 1.51. The van der Waals surface area contributed by atoms with Crippen molar-refractivity contribution in [2.45, 2.75) is 184 Å². The molecule has 0 bridgehead atoms. The van der Waals surface area contributed by atoms with E-state index in [9.17, 15) is 19.5 Å². The number of carbonyl (C=O) groups excluding carboxylic acids is 2. The Hall–Kier alpha value is -1.85. The molecule has 48 heavy (non-hydrogen) atoms. The van der Waals surface area contributed by atoms with Crippen LogP contribution in [-0.4, -0.2) is 35.2 Å². The Morgan fingerprint density at radius 2 is 1.38 bits per heavy atom. The van der Waals surface area contributed by atoms with Gasteiger partial charge in [-0.1, -0.05) is 99.6 Å². The van der Waals surface area contributed by atoms with Gasteiger partial charge in [-0.25, -0.2) is 0 Å². The molecule has 4 fully saturated rings. The Morgan fingerprint density at radius 3 is 1.98 bits per heavy atom. The highest BCUT2D eigenvalue weighted by atomic mass is 16.6. The molecule has 0 unspecified atom stereocenters. The van der Waals surface area contributed by atoms with Crippen molar-refractivity contribution in [3.8, 4) is 0 Å². The van der Waals surface area contributed by atoms with Crippen molar-refractivity contribution in [3.63, 3.8) is 0 Å². The Kier molecular flexibility index (Phi) is 10.4. The van der Waals surface area contributed by atoms with Crippen LogP contribution in [0.1, 0.15) is 171 Å². The summed E-state index contributed by atoms with van der Waals surface area (Å²) in [5, 5.41) is 10.7. The van der Waals surface area contributed by atoms with Crippen LogP contribution in [0.2, 0.25) is 0 Å². The van der Waals surface area contributed by atoms with Crippen molar-refractivity contribution >= 4 is 17.9 Å². The summed E-state index contributed by atoms with van der Waals surface area (Å²) in [6.07, 6.45) is 16.1. The van der Waals surface area contributed by atoms with Gasteiger partial charge in [0.2, 0.25) is 0 Å². The molecule has 0 aliphatic heterocycles. The number of aliphatic carboxylic acids is 1. The highest BCUT2D eigenvalue weighted by Gasteiger charge is 2.71. The average molecular weight is 669 g/mol. The number of carbonyl (C=O) groups is 3. The van der Waals surface area contributed by atoms with E-state index >= 15 is 0 Å². The number of hydrogen-bond acceptors (Lipinski definition) is 5. The number of esters is 2. The normalized spacial score (nSPS) is 41.0. The molecule has 0 radical (unpaired) electrons. The third-order valence-electron chi connectivity index (χ3n) is 15.4. The predicted molar refractivity (Wildman–Crippen MR) is 190 cm³/mol. The van der Waals surface area contributed by atoms with E-state index < -0.39 is 23.6 Å². The third-order valence-corrected chi connectivity index (χ3v) is 15.4. The summed E-state index contributed by atoms with van der Waals surface area (Å²) in [6.45, 7) is 20.9. The van der Waals surface area contributed by atoms with Crippen molar-refractivity contribution in [2.75, 3.05) is 0 Å². The van der Waals surface area contributed by atoms with Crippen LogP contribution in [0.15, 0.2) is 11.6 Å². The maximum absolute atomic E-state index is 13.3. The monoisotopic (exact) mass is 669 g/mol. The van der Waals surface area contributed by atoms with E-state index in [1.54, 1.807) is 0 Å². The highest BCUT2D eigenvalue weighted by Crippen LogP contribution is 2.76. The summed E-state index contributed by atoms with van der Waals surface area (Å²) >= 11 is 0. The first-order valence-electron chi connectivity index (χ1n) is 19.7. The molecule has 0 amide bonds. The van der Waals surface area contributed by atoms with Gasteiger partial charge < -0.3 is 14.6 Å². The summed E-state index contributed by atoms with van der Waals surface area (Å²) in [6, 6.07) is 0. The lowest BCUT2D eigenvalue weighted by Gasteiger charge is -2.71. The highest BCUT2D eigenvalue weighted by molar-refractivity contribution is 5.76. The minimum absolute atomic E-state index is 0.00990. The van der Waals surface area contributed by atoms with Gasteiger partial charge in [0, 0.05) is 18.3 Å². The van der Waals surface area contributed by atoms with Crippen LogP contribution in [0.25, 0.3) is 0 Å². The summed E-state index contributed by atoms with van der Waals surface area (Å²) < 4.78 is 12.8. The lowest BCUT2D eigenvalue weighted by molar-refractivity contribution is -0.245. The smallest absolute Gasteiger partial charge is 0.310 e. The molecule has 6 heteroatoms. The molecule has 0 spiro atoms. The molecule has 272 valence electrons. The number of carboxylic acid groups (broad SMARTS) is 1. The van der Waals surface area contributed by atoms with Gasteiger partial charge in [0.1, 0.15) is 12.2 Å². The van der Waals surface area contributed by atoms with Gasteiger partial charge in [0.05, 0.1) is 5.41 Å². The summed E-state index contributed by atoms with van der Waals surface area (Å²) in [7, 11) is 0. The van der Waals surface area contributed by atoms with Gasteiger partial charge in [-0.3, -0.25) is 14.4 Å². The quantitative estimate of drug-likeness (QED) is 0.134. The third kappa shape index (κ3) is 6.09. The second-order valence-electron chi connectivity index (χ2n) is 19.1. The molecular weight excluding hydrogens is 600 g/mol. The maximum Gasteiger partial charge on any atom is 0.310 e. The summed E-state index contributed by atoms with van der Waals surface area (Å²) in [5.74, 6) is -0.200. The number of carboxylic acids is 1. The Morgan fingerprint density at radius 1 is 0.771 bits per heavy atom. The fourth-order valence-corrected chi connectivity index (χ4v) is 12.5. The molecule has 4 saturated carbocycles. The van der Waals surface area contributed by atoms with Crippen molar-refractivity contribution in [1.82, 2.24) is 0 Å². The van der Waals surface area contributed by atoms with Crippen molar-refractivity contribution < 1.29 is 29.0 Å². The first-order chi connectivity index (χ1) is 22.4. The van der Waals surface area contributed by atoms with Crippen LogP contribution in [0.5, 0.6) is 0 Å². The molecule has 5 rings (SSSR count). The van der Waals surface area contributed by atoms with Gasteiger partial charge in [0.15, 0.2) is 0 Å². The van der Waals surface area contributed by atoms with Crippen LogP contribution in [0.3, 0.4) is 0 Å². The van der Waals surface area contributed by atoms with Crippen molar-refractivity contribution in [1.29, 1.82) is 0 Å². The SMILES string of the molecule is CCCCCC(=O)O[C@@H]1C[C@]2(C)[C@H]3CC=C4[C@@H]5CC(C)(C)CC[C@]5(C(=O)O)CC[C@@]4(C)[C@]3(C)CC[C@H]2C(C)(C)[C@H]1OC(=O)CCCCC. The molecule has 0 aromatic heterocycles. The molecule has 1 N–H and O–H groups in total. The van der Waals surface area contributed by atoms with Gasteiger partial charge in [0.25, 0.3) is 0 Å². The molecule has 0 aromatic carbocycles. The molecule has 6 nitrogen and oxygen atoms in total. The maximum atomic E-state index is 13.3. The molecule has 9 atom stereocenters. The zero-order valence-electron chi connectivity index (χ0n) is 32.0. The molecule has 0 heterocycles. The van der Waals surface area contributed by atoms with E-state index in [1.807, 2.05) is 0 Å². The van der Waals surface area contributed by atoms with Crippen LogP contribution in [0.4, 0.5) is 0 Å². The number of rotatable bonds is 11. The number of allylic oxidation sites excluding steroid dienone is 2. The predicted octanol–water partition coefficient (Wildman–Crippen LogP) is 10.5. The van der Waals surface area contributed by atoms with Gasteiger partial charge in [-0.2, -0.15) is 0 Å². The van der Waals surface area contributed by atoms with Crippen molar-refractivity contribution in [2.24, 2.45) is 50.2 Å². The Labute approximate surface area is 291 Å². The molecule has 0 saturated heterocycles. The average Bonchev–Trinajstić information content (AvgIpc) is 2.99. The topological polar surface area (TPSA) is 89.9 Å². The van der Waals surface area contributed by atoms with Crippen LogP contribution in [-0.2, 0) is 23.9 Å². The molecule has 0 aromatic rings. The number of ether oxygens (including phenoxy) is 2. The van der Waals surface area contributed by atoms with Gasteiger partial charge in [-0.15, -0.1) is 0 Å². The van der Waals surface area contributed by atoms with E-state index in [-0.39, 0.29) is 44.9 Å². The van der Waals surface area contributed by atoms with Gasteiger partial charge >= 0.3 is 17.9 Å². The van der Waals surface area contributed by atoms with Crippen LogP contribution >= 0.6 is 0 Å². The minimum atomic E-state index is -0.650. The standard InChI is InChI=1S/C42H68O6/c1-10-12-14-16-33(43)47-30-27-39(7)31(38(5,6)35(30)48-34(44)17-15-13-11-2)20-21-41(9)32(39)19-18-28-29-26-37(3,4)22-24-42(29,36(45)46)25-23-40(28,41)8/h18,29-32,35H,10-17,19-27H2,1-9H3,(H,45,46)/t29-,30+,31-,32+,35-,39-,40+,41+,42-/m0/s1. The first-order valence-corrected chi connectivity index (χ1v) is 19.7. The lowest BCUT2D eigenvalue weighted by atomic mass is 9.33. The van der Waals surface area contributed by atoms with Gasteiger partial charge in [-0.05, 0) is 110 Å². The number of unbranched alkanes of at least 4 members (excludes halogenated alkanes) is 4. The van der Waals surface area contributed by atoms with E-state index in [1.165, 1.54) is 5.57 Å². The van der Waals surface area contributed by atoms with Crippen molar-refractivity contribution in [3.05, 3.63) is 11.6 Å². The molecule has 5 aliphatic rings.